The number of aliphatic hydroxyl groups excluding tert-OH is 1. The Morgan fingerprint density at radius 3 is 2.48 bits per heavy atom. The van der Waals surface area contributed by atoms with Gasteiger partial charge in [-0.3, -0.25) is 0 Å². The third-order valence-electron chi connectivity index (χ3n) is 5.00. The standard InChI is InChI=1S/C20H26N2O/c23-16-15-20(13-5-2-6-14-20)22-21-19-11-9-18(10-12-19)17-7-3-1-4-8-17/h2,5-6,9-13,17,23H,1,3-4,7-8,14-16H2. The number of azo groups is 1. The molecule has 1 aromatic carbocycles. The monoisotopic (exact) mass is 310 g/mol. The van der Waals surface area contributed by atoms with Gasteiger partial charge in [-0.2, -0.15) is 10.2 Å². The van der Waals surface area contributed by atoms with Crippen LogP contribution in [0.1, 0.15) is 56.4 Å². The van der Waals surface area contributed by atoms with Crippen molar-refractivity contribution in [2.75, 3.05) is 6.61 Å². The molecule has 0 heterocycles. The van der Waals surface area contributed by atoms with Gasteiger partial charge in [0.2, 0.25) is 0 Å². The number of nitrogens with zero attached hydrogens (tertiary/aromatic N) is 2. The van der Waals surface area contributed by atoms with Gasteiger partial charge in [0, 0.05) is 13.0 Å². The number of allylic oxidation sites excluding steroid dienone is 2. The summed E-state index contributed by atoms with van der Waals surface area (Å²) in [5.74, 6) is 0.724. The highest BCUT2D eigenvalue weighted by atomic mass is 16.3. The van der Waals surface area contributed by atoms with Crippen LogP contribution in [0, 0.1) is 0 Å². The molecular formula is C20H26N2O. The summed E-state index contributed by atoms with van der Waals surface area (Å²) in [6, 6.07) is 8.56. The van der Waals surface area contributed by atoms with Gasteiger partial charge in [0.05, 0.1) is 5.69 Å². The van der Waals surface area contributed by atoms with E-state index in [-0.39, 0.29) is 12.1 Å². The Labute approximate surface area is 138 Å². The first-order valence-electron chi connectivity index (χ1n) is 8.79. The summed E-state index contributed by atoms with van der Waals surface area (Å²) in [5, 5.41) is 18.3. The highest BCUT2D eigenvalue weighted by Crippen LogP contribution is 2.34. The van der Waals surface area contributed by atoms with Crippen LogP contribution in [0.5, 0.6) is 0 Å². The molecule has 0 spiro atoms. The lowest BCUT2D eigenvalue weighted by atomic mass is 9.84. The molecule has 0 bridgehead atoms. The first-order valence-corrected chi connectivity index (χ1v) is 8.79. The van der Waals surface area contributed by atoms with Crippen molar-refractivity contribution in [3.8, 4) is 0 Å². The maximum Gasteiger partial charge on any atom is 0.106 e. The molecule has 2 aliphatic carbocycles. The maximum absolute atomic E-state index is 9.30. The quantitative estimate of drug-likeness (QED) is 0.721. The van der Waals surface area contributed by atoms with Gasteiger partial charge in [-0.05, 0) is 42.9 Å². The molecule has 0 amide bonds. The molecule has 3 heteroatoms. The van der Waals surface area contributed by atoms with Crippen molar-refractivity contribution in [2.24, 2.45) is 10.2 Å². The first-order chi connectivity index (χ1) is 11.3. The minimum Gasteiger partial charge on any atom is -0.396 e. The van der Waals surface area contributed by atoms with Crippen LogP contribution in [0.25, 0.3) is 0 Å². The van der Waals surface area contributed by atoms with Crippen LogP contribution < -0.4 is 0 Å². The zero-order valence-corrected chi connectivity index (χ0v) is 13.7. The largest absolute Gasteiger partial charge is 0.396 e. The van der Waals surface area contributed by atoms with Crippen LogP contribution in [-0.2, 0) is 0 Å². The fraction of sp³-hybridized carbons (Fsp3) is 0.500. The second-order valence-electron chi connectivity index (χ2n) is 6.70. The number of hydrogen-bond donors (Lipinski definition) is 1. The van der Waals surface area contributed by atoms with E-state index in [1.54, 1.807) is 0 Å². The third-order valence-corrected chi connectivity index (χ3v) is 5.00. The SMILES string of the molecule is OCCC1(N=Nc2ccc(C3CCCCC3)cc2)C=CC=CC1. The summed E-state index contributed by atoms with van der Waals surface area (Å²) in [6.45, 7) is 0.123. The van der Waals surface area contributed by atoms with Gasteiger partial charge in [0.25, 0.3) is 0 Å². The number of aliphatic hydroxyl groups is 1. The predicted octanol–water partition coefficient (Wildman–Crippen LogP) is 5.46. The van der Waals surface area contributed by atoms with Crippen LogP contribution in [0.4, 0.5) is 5.69 Å². The van der Waals surface area contributed by atoms with E-state index in [1.807, 2.05) is 18.2 Å². The van der Waals surface area contributed by atoms with Crippen LogP contribution in [0.2, 0.25) is 0 Å². The van der Waals surface area contributed by atoms with Crippen LogP contribution in [0.3, 0.4) is 0 Å². The average molecular weight is 310 g/mol. The first kappa shape index (κ1) is 16.1. The Balaban J connectivity index is 1.69. The van der Waals surface area contributed by atoms with Crippen LogP contribution in [0.15, 0.2) is 58.8 Å². The molecule has 0 aliphatic heterocycles. The summed E-state index contributed by atoms with van der Waals surface area (Å²) in [4.78, 5) is 0. The maximum atomic E-state index is 9.30. The molecule has 1 saturated carbocycles. The van der Waals surface area contributed by atoms with Crippen molar-refractivity contribution in [3.05, 3.63) is 54.1 Å². The van der Waals surface area contributed by atoms with E-state index in [9.17, 15) is 5.11 Å². The Hall–Kier alpha value is -1.74. The molecule has 1 N–H and O–H groups in total. The van der Waals surface area contributed by atoms with E-state index >= 15 is 0 Å². The molecule has 122 valence electrons. The second kappa shape index (κ2) is 7.69. The summed E-state index contributed by atoms with van der Waals surface area (Å²) in [5.41, 5.74) is 1.95. The molecule has 0 aromatic heterocycles. The topological polar surface area (TPSA) is 45.0 Å². The van der Waals surface area contributed by atoms with Crippen molar-refractivity contribution in [3.63, 3.8) is 0 Å². The predicted molar refractivity (Wildman–Crippen MR) is 94.1 cm³/mol. The Kier molecular flexibility index (Phi) is 5.39. The van der Waals surface area contributed by atoms with Gasteiger partial charge < -0.3 is 5.11 Å². The van der Waals surface area contributed by atoms with Gasteiger partial charge in [0.15, 0.2) is 0 Å². The molecule has 23 heavy (non-hydrogen) atoms. The van der Waals surface area contributed by atoms with Crippen molar-refractivity contribution in [1.29, 1.82) is 0 Å². The number of benzene rings is 1. The normalized spacial score (nSPS) is 25.3. The van der Waals surface area contributed by atoms with Gasteiger partial charge in [0.1, 0.15) is 5.54 Å². The fourth-order valence-corrected chi connectivity index (χ4v) is 3.56. The summed E-state index contributed by atoms with van der Waals surface area (Å²) in [7, 11) is 0. The van der Waals surface area contributed by atoms with E-state index in [4.69, 9.17) is 0 Å². The number of rotatable bonds is 5. The van der Waals surface area contributed by atoms with Gasteiger partial charge in [-0.1, -0.05) is 55.7 Å². The molecule has 3 nitrogen and oxygen atoms in total. The summed E-state index contributed by atoms with van der Waals surface area (Å²) >= 11 is 0. The van der Waals surface area contributed by atoms with E-state index < -0.39 is 0 Å². The fourth-order valence-electron chi connectivity index (χ4n) is 3.56. The van der Waals surface area contributed by atoms with E-state index in [2.05, 4.69) is 40.6 Å². The minimum atomic E-state index is -0.383. The zero-order valence-electron chi connectivity index (χ0n) is 13.7. The highest BCUT2D eigenvalue weighted by molar-refractivity contribution is 5.39. The van der Waals surface area contributed by atoms with Crippen molar-refractivity contribution in [2.45, 2.75) is 56.4 Å². The molecule has 1 unspecified atom stereocenters. The van der Waals surface area contributed by atoms with Crippen molar-refractivity contribution < 1.29 is 5.11 Å². The average Bonchev–Trinajstić information content (AvgIpc) is 2.62. The second-order valence-corrected chi connectivity index (χ2v) is 6.70. The molecule has 3 rings (SSSR count). The summed E-state index contributed by atoms with van der Waals surface area (Å²) < 4.78 is 0. The van der Waals surface area contributed by atoms with Crippen molar-refractivity contribution in [1.82, 2.24) is 0 Å². The number of hydrogen-bond acceptors (Lipinski definition) is 3. The smallest absolute Gasteiger partial charge is 0.106 e. The molecule has 2 aliphatic rings. The Morgan fingerprint density at radius 1 is 1.04 bits per heavy atom. The van der Waals surface area contributed by atoms with E-state index in [0.717, 1.165) is 18.0 Å². The van der Waals surface area contributed by atoms with E-state index in [1.165, 1.54) is 37.7 Å². The highest BCUT2D eigenvalue weighted by Gasteiger charge is 2.26. The molecule has 1 aromatic rings. The zero-order chi connectivity index (χ0) is 16.0. The van der Waals surface area contributed by atoms with Gasteiger partial charge in [-0.25, -0.2) is 0 Å². The van der Waals surface area contributed by atoms with Gasteiger partial charge >= 0.3 is 0 Å². The molecule has 0 saturated heterocycles. The van der Waals surface area contributed by atoms with Crippen LogP contribution >= 0.6 is 0 Å². The van der Waals surface area contributed by atoms with Crippen LogP contribution in [-0.4, -0.2) is 17.3 Å². The lowest BCUT2D eigenvalue weighted by Gasteiger charge is -2.24. The molecule has 0 radical (unpaired) electrons. The molecule has 1 atom stereocenters. The van der Waals surface area contributed by atoms with E-state index in [0.29, 0.717) is 6.42 Å². The molecular weight excluding hydrogens is 284 g/mol. The van der Waals surface area contributed by atoms with Crippen molar-refractivity contribution >= 4 is 5.69 Å². The Morgan fingerprint density at radius 2 is 1.83 bits per heavy atom. The summed E-state index contributed by atoms with van der Waals surface area (Å²) in [6.07, 6.45) is 16.3. The lowest BCUT2D eigenvalue weighted by molar-refractivity contribution is 0.255. The minimum absolute atomic E-state index is 0.123. The third kappa shape index (κ3) is 4.17. The molecule has 1 fully saturated rings. The van der Waals surface area contributed by atoms with Gasteiger partial charge in [-0.15, -0.1) is 0 Å². The Bertz CT molecular complexity index is 582. The lowest BCUT2D eigenvalue weighted by Crippen LogP contribution is -2.25.